The number of likely N-dealkylation sites (tertiary alicyclic amines) is 1. The predicted octanol–water partition coefficient (Wildman–Crippen LogP) is 6.22. The Morgan fingerprint density at radius 2 is 1.86 bits per heavy atom. The second-order valence-electron chi connectivity index (χ2n) is 9.66. The molecule has 0 bridgehead atoms. The van der Waals surface area contributed by atoms with Crippen molar-refractivity contribution in [2.75, 3.05) is 32.0 Å². The molecule has 0 amide bonds. The summed E-state index contributed by atoms with van der Waals surface area (Å²) >= 11 is 0. The van der Waals surface area contributed by atoms with Gasteiger partial charge in [0, 0.05) is 30.9 Å². The molecule has 1 aliphatic heterocycles. The molecular weight excluding hydrogens is 458 g/mol. The highest BCUT2D eigenvalue weighted by Crippen LogP contribution is 2.43. The van der Waals surface area contributed by atoms with Gasteiger partial charge in [-0.3, -0.25) is 9.29 Å². The Bertz CT molecular complexity index is 1260. The highest BCUT2D eigenvalue weighted by atomic mass is 19.1. The zero-order chi connectivity index (χ0) is 25.1. The van der Waals surface area contributed by atoms with Crippen LogP contribution in [0.2, 0.25) is 0 Å². The Hall–Kier alpha value is -3.38. The molecule has 0 spiro atoms. The number of phenols is 1. The highest BCUT2D eigenvalue weighted by Gasteiger charge is 2.25. The fraction of sp³-hybridized carbons (Fsp3) is 0.333. The Labute approximate surface area is 211 Å². The van der Waals surface area contributed by atoms with Crippen molar-refractivity contribution in [3.63, 3.8) is 0 Å². The van der Waals surface area contributed by atoms with Crippen molar-refractivity contribution in [2.24, 2.45) is 0 Å². The summed E-state index contributed by atoms with van der Waals surface area (Å²) in [7, 11) is 0. The number of hydrogen-bond acceptors (Lipinski definition) is 4. The number of para-hydroxylation sites is 1. The Morgan fingerprint density at radius 1 is 1.03 bits per heavy atom. The van der Waals surface area contributed by atoms with Crippen molar-refractivity contribution in [1.82, 2.24) is 4.90 Å². The van der Waals surface area contributed by atoms with Gasteiger partial charge in [-0.25, -0.2) is 4.39 Å². The van der Waals surface area contributed by atoms with Gasteiger partial charge >= 0.3 is 0 Å². The fourth-order valence-corrected chi connectivity index (χ4v) is 5.44. The molecule has 3 aromatic carbocycles. The summed E-state index contributed by atoms with van der Waals surface area (Å²) in [6.07, 6.45) is 4.01. The number of nitrogens with zero attached hydrogens (tertiary/aromatic N) is 1. The van der Waals surface area contributed by atoms with Crippen LogP contribution in [-0.2, 0) is 6.42 Å². The van der Waals surface area contributed by atoms with E-state index in [0.29, 0.717) is 24.1 Å². The molecule has 1 aliphatic carbocycles. The maximum absolute atomic E-state index is 14.3. The number of hydrogen-bond donors (Lipinski definition) is 2. The van der Waals surface area contributed by atoms with E-state index >= 15 is 0 Å². The van der Waals surface area contributed by atoms with E-state index < -0.39 is 5.82 Å². The number of alkyl halides is 1. The third-order valence-electron chi connectivity index (χ3n) is 7.17. The van der Waals surface area contributed by atoms with E-state index in [4.69, 9.17) is 10.5 Å². The summed E-state index contributed by atoms with van der Waals surface area (Å²) in [6, 6.07) is 18.6. The molecule has 1 atom stereocenters. The van der Waals surface area contributed by atoms with Crippen LogP contribution in [0, 0.1) is 5.82 Å². The molecule has 3 aromatic rings. The molecule has 0 radical (unpaired) electrons. The summed E-state index contributed by atoms with van der Waals surface area (Å²) in [5, 5.41) is 10.6. The first-order chi connectivity index (χ1) is 17.5. The Kier molecular flexibility index (Phi) is 7.23. The van der Waals surface area contributed by atoms with Gasteiger partial charge in [0.15, 0.2) is 11.6 Å². The van der Waals surface area contributed by atoms with Crippen molar-refractivity contribution < 1.29 is 18.6 Å². The van der Waals surface area contributed by atoms with Crippen LogP contribution >= 0.6 is 0 Å². The molecule has 0 aromatic heterocycles. The predicted molar refractivity (Wildman–Crippen MR) is 140 cm³/mol. The van der Waals surface area contributed by atoms with Crippen molar-refractivity contribution in [2.45, 2.75) is 38.2 Å². The molecule has 4 nitrogen and oxygen atoms in total. The third kappa shape index (κ3) is 5.09. The number of nitrogen functional groups attached to an aromatic ring is 1. The van der Waals surface area contributed by atoms with Crippen molar-refractivity contribution in [3.05, 3.63) is 88.7 Å². The summed E-state index contributed by atoms with van der Waals surface area (Å²) in [5.41, 5.74) is 12.4. The van der Waals surface area contributed by atoms with Crippen LogP contribution in [0.25, 0.3) is 11.1 Å². The molecule has 188 valence electrons. The lowest BCUT2D eigenvalue weighted by Crippen LogP contribution is -2.26. The molecule has 0 saturated carbocycles. The van der Waals surface area contributed by atoms with Crippen LogP contribution in [0.3, 0.4) is 0 Å². The number of anilines is 1. The largest absolute Gasteiger partial charge is 0.504 e. The maximum atomic E-state index is 14.3. The first kappa shape index (κ1) is 24.3. The second kappa shape index (κ2) is 10.7. The first-order valence-corrected chi connectivity index (χ1v) is 12.7. The average Bonchev–Trinajstić information content (AvgIpc) is 3.24. The van der Waals surface area contributed by atoms with E-state index in [-0.39, 0.29) is 18.5 Å². The van der Waals surface area contributed by atoms with E-state index in [1.54, 1.807) is 12.1 Å². The summed E-state index contributed by atoms with van der Waals surface area (Å²) < 4.78 is 33.1. The fourth-order valence-electron chi connectivity index (χ4n) is 5.44. The van der Waals surface area contributed by atoms with Gasteiger partial charge < -0.3 is 15.6 Å². The number of allylic oxidation sites excluding steroid dienone is 1. The lowest BCUT2D eigenvalue weighted by atomic mass is 9.87. The van der Waals surface area contributed by atoms with Crippen molar-refractivity contribution >= 4 is 16.8 Å². The van der Waals surface area contributed by atoms with E-state index in [0.717, 1.165) is 72.5 Å². The van der Waals surface area contributed by atoms with Crippen LogP contribution in [0.1, 0.15) is 47.9 Å². The molecule has 1 fully saturated rings. The standard InChI is InChI=1S/C30H32F2N2O2/c31-15-3-16-34-17-14-24(19-34)36-23-11-8-20(9-12-23)29-25-13-10-22(33)18-21(25)4-1-5-26(29)27-6-2-7-28(32)30(27)35/h2,6-13,18,24,35H,1,3-5,14-17,19,33H2. The lowest BCUT2D eigenvalue weighted by molar-refractivity contribution is 0.198. The quantitative estimate of drug-likeness (QED) is 0.386. The number of phenolic OH excluding ortho intramolecular Hbond substituents is 1. The smallest absolute Gasteiger partial charge is 0.165 e. The van der Waals surface area contributed by atoms with Gasteiger partial charge in [-0.05, 0) is 90.3 Å². The number of aryl methyl sites for hydroxylation is 1. The zero-order valence-electron chi connectivity index (χ0n) is 20.4. The topological polar surface area (TPSA) is 58.7 Å². The SMILES string of the molecule is Nc1ccc2c(c1)CCCC(c1cccc(F)c1O)=C2c1ccc(OC2CCN(CCCF)C2)cc1. The number of rotatable bonds is 7. The van der Waals surface area contributed by atoms with Gasteiger partial charge in [-0.1, -0.05) is 30.3 Å². The molecule has 1 saturated heterocycles. The van der Waals surface area contributed by atoms with Gasteiger partial charge in [-0.15, -0.1) is 0 Å². The highest BCUT2D eigenvalue weighted by molar-refractivity contribution is 6.01. The molecule has 1 unspecified atom stereocenters. The van der Waals surface area contributed by atoms with Gasteiger partial charge in [0.05, 0.1) is 6.67 Å². The lowest BCUT2D eigenvalue weighted by Gasteiger charge is -2.19. The number of halogens is 2. The van der Waals surface area contributed by atoms with Crippen LogP contribution < -0.4 is 10.5 Å². The number of benzene rings is 3. The summed E-state index contributed by atoms with van der Waals surface area (Å²) in [6.45, 7) is 2.22. The molecular formula is C30H32F2N2O2. The van der Waals surface area contributed by atoms with E-state index in [2.05, 4.69) is 4.90 Å². The van der Waals surface area contributed by atoms with Gasteiger partial charge in [-0.2, -0.15) is 0 Å². The minimum Gasteiger partial charge on any atom is -0.504 e. The molecule has 6 heteroatoms. The zero-order valence-corrected chi connectivity index (χ0v) is 20.4. The van der Waals surface area contributed by atoms with Gasteiger partial charge in [0.2, 0.25) is 0 Å². The Balaban J connectivity index is 1.50. The van der Waals surface area contributed by atoms with Crippen LogP contribution in [0.4, 0.5) is 14.5 Å². The normalized spacial score (nSPS) is 18.2. The van der Waals surface area contributed by atoms with Crippen molar-refractivity contribution in [1.29, 1.82) is 0 Å². The molecule has 1 heterocycles. The van der Waals surface area contributed by atoms with Crippen LogP contribution in [0.15, 0.2) is 60.7 Å². The molecule has 5 rings (SSSR count). The molecule has 2 aliphatic rings. The second-order valence-corrected chi connectivity index (χ2v) is 9.66. The maximum Gasteiger partial charge on any atom is 0.165 e. The van der Waals surface area contributed by atoms with E-state index in [1.165, 1.54) is 6.07 Å². The minimum absolute atomic E-state index is 0.0936. The Morgan fingerprint density at radius 3 is 2.67 bits per heavy atom. The van der Waals surface area contributed by atoms with E-state index in [1.807, 2.05) is 42.5 Å². The number of fused-ring (bicyclic) bond motifs is 1. The molecule has 36 heavy (non-hydrogen) atoms. The number of ether oxygens (including phenoxy) is 1. The van der Waals surface area contributed by atoms with Crippen LogP contribution in [-0.4, -0.2) is 42.4 Å². The van der Waals surface area contributed by atoms with Gasteiger partial charge in [0.25, 0.3) is 0 Å². The van der Waals surface area contributed by atoms with Crippen LogP contribution in [0.5, 0.6) is 11.5 Å². The number of nitrogens with two attached hydrogens (primary N) is 1. The number of aromatic hydroxyl groups is 1. The average molecular weight is 491 g/mol. The van der Waals surface area contributed by atoms with Crippen molar-refractivity contribution in [3.8, 4) is 11.5 Å². The monoisotopic (exact) mass is 490 g/mol. The minimum atomic E-state index is -0.623. The van der Waals surface area contributed by atoms with Gasteiger partial charge in [0.1, 0.15) is 11.9 Å². The summed E-state index contributed by atoms with van der Waals surface area (Å²) in [5.74, 6) is -0.151. The first-order valence-electron chi connectivity index (χ1n) is 12.7. The third-order valence-corrected chi connectivity index (χ3v) is 7.17. The van der Waals surface area contributed by atoms with E-state index in [9.17, 15) is 13.9 Å². The summed E-state index contributed by atoms with van der Waals surface area (Å²) in [4.78, 5) is 2.25. The molecule has 3 N–H and O–H groups in total.